The first-order chi connectivity index (χ1) is 13.3. The molecule has 0 N–H and O–H groups in total. The zero-order valence-electron chi connectivity index (χ0n) is 14.4. The average molecular weight is 360 g/mol. The predicted octanol–water partition coefficient (Wildman–Crippen LogP) is 3.64. The standard InChI is InChI=1S/C21H16N2O4/c24-20-16-5-6-18-17(21(16)27-19(20)9-15-4-2-8-25-15)12-23(13-26-18)11-14-3-1-7-22-10-14/h1-10H,11-13H2/b19-9-. The first-order valence-corrected chi connectivity index (χ1v) is 8.65. The van der Waals surface area contributed by atoms with Gasteiger partial charge in [0.25, 0.3) is 0 Å². The Morgan fingerprint density at radius 1 is 1.19 bits per heavy atom. The zero-order valence-corrected chi connectivity index (χ0v) is 14.4. The van der Waals surface area contributed by atoms with Gasteiger partial charge in [-0.15, -0.1) is 0 Å². The van der Waals surface area contributed by atoms with Gasteiger partial charge in [-0.2, -0.15) is 0 Å². The molecule has 27 heavy (non-hydrogen) atoms. The van der Waals surface area contributed by atoms with E-state index in [0.29, 0.717) is 36.9 Å². The van der Waals surface area contributed by atoms with E-state index in [0.717, 1.165) is 16.9 Å². The van der Waals surface area contributed by atoms with Crippen molar-refractivity contribution in [3.63, 3.8) is 0 Å². The molecular weight excluding hydrogens is 344 g/mol. The molecule has 0 bridgehead atoms. The summed E-state index contributed by atoms with van der Waals surface area (Å²) in [5, 5.41) is 0. The quantitative estimate of drug-likeness (QED) is 0.665. The van der Waals surface area contributed by atoms with Crippen LogP contribution < -0.4 is 9.47 Å². The maximum absolute atomic E-state index is 12.7. The number of Topliss-reactive ketones (excluding diaryl/α,β-unsaturated/α-hetero) is 1. The normalized spacial score (nSPS) is 17.3. The highest BCUT2D eigenvalue weighted by molar-refractivity contribution is 6.14. The van der Waals surface area contributed by atoms with Crippen LogP contribution in [-0.4, -0.2) is 22.4 Å². The highest BCUT2D eigenvalue weighted by atomic mass is 16.5. The number of carbonyl (C=O) groups excluding carboxylic acids is 1. The van der Waals surface area contributed by atoms with Gasteiger partial charge in [0.05, 0.1) is 17.4 Å². The summed E-state index contributed by atoms with van der Waals surface area (Å²) >= 11 is 0. The minimum Gasteiger partial charge on any atom is -0.478 e. The highest BCUT2D eigenvalue weighted by Gasteiger charge is 2.33. The van der Waals surface area contributed by atoms with Crippen molar-refractivity contribution < 1.29 is 18.7 Å². The van der Waals surface area contributed by atoms with Gasteiger partial charge >= 0.3 is 0 Å². The lowest BCUT2D eigenvalue weighted by Gasteiger charge is -2.29. The number of hydrogen-bond donors (Lipinski definition) is 0. The number of fused-ring (bicyclic) bond motifs is 3. The number of furan rings is 1. The predicted molar refractivity (Wildman–Crippen MR) is 97.1 cm³/mol. The van der Waals surface area contributed by atoms with E-state index in [2.05, 4.69) is 9.88 Å². The number of pyridine rings is 1. The molecule has 0 atom stereocenters. The van der Waals surface area contributed by atoms with Gasteiger partial charge in [-0.3, -0.25) is 14.7 Å². The molecule has 0 aliphatic carbocycles. The molecule has 6 nitrogen and oxygen atoms in total. The summed E-state index contributed by atoms with van der Waals surface area (Å²) < 4.78 is 17.1. The molecule has 0 saturated heterocycles. The van der Waals surface area contributed by atoms with Gasteiger partial charge < -0.3 is 13.9 Å². The van der Waals surface area contributed by atoms with Gasteiger partial charge in [-0.25, -0.2) is 0 Å². The van der Waals surface area contributed by atoms with Crippen LogP contribution in [-0.2, 0) is 13.1 Å². The van der Waals surface area contributed by atoms with Crippen molar-refractivity contribution in [3.8, 4) is 11.5 Å². The molecule has 4 heterocycles. The molecule has 1 aromatic carbocycles. The van der Waals surface area contributed by atoms with Crippen molar-refractivity contribution in [2.24, 2.45) is 0 Å². The van der Waals surface area contributed by atoms with E-state index in [1.807, 2.05) is 24.4 Å². The topological polar surface area (TPSA) is 64.8 Å². The Labute approximate surface area is 155 Å². The Morgan fingerprint density at radius 3 is 2.96 bits per heavy atom. The Hall–Kier alpha value is -3.38. The number of benzene rings is 1. The lowest BCUT2D eigenvalue weighted by molar-refractivity contribution is 0.0872. The number of ketones is 1. The number of aromatic nitrogens is 1. The second kappa shape index (κ2) is 6.41. The molecule has 0 unspecified atom stereocenters. The third-order valence-electron chi connectivity index (χ3n) is 4.63. The number of hydrogen-bond acceptors (Lipinski definition) is 6. The van der Waals surface area contributed by atoms with Crippen molar-refractivity contribution >= 4 is 11.9 Å². The average Bonchev–Trinajstić information content (AvgIpc) is 3.32. The Bertz CT molecular complexity index is 1030. The summed E-state index contributed by atoms with van der Waals surface area (Å²) in [5.41, 5.74) is 2.55. The summed E-state index contributed by atoms with van der Waals surface area (Å²) in [7, 11) is 0. The van der Waals surface area contributed by atoms with Crippen LogP contribution in [0.3, 0.4) is 0 Å². The van der Waals surface area contributed by atoms with E-state index in [4.69, 9.17) is 13.9 Å². The van der Waals surface area contributed by atoms with E-state index >= 15 is 0 Å². The van der Waals surface area contributed by atoms with Crippen molar-refractivity contribution in [2.45, 2.75) is 13.1 Å². The monoisotopic (exact) mass is 360 g/mol. The first-order valence-electron chi connectivity index (χ1n) is 8.65. The second-order valence-electron chi connectivity index (χ2n) is 6.50. The van der Waals surface area contributed by atoms with Crippen LogP contribution in [0.5, 0.6) is 11.5 Å². The molecule has 0 fully saturated rings. The molecule has 2 aliphatic rings. The summed E-state index contributed by atoms with van der Waals surface area (Å²) in [5.74, 6) is 2.02. The summed E-state index contributed by atoms with van der Waals surface area (Å²) in [4.78, 5) is 19.0. The van der Waals surface area contributed by atoms with Crippen LogP contribution in [0, 0.1) is 0 Å². The highest BCUT2D eigenvalue weighted by Crippen LogP contribution is 2.42. The molecule has 134 valence electrons. The van der Waals surface area contributed by atoms with E-state index in [9.17, 15) is 4.79 Å². The van der Waals surface area contributed by atoms with Gasteiger partial charge in [0.1, 0.15) is 24.0 Å². The van der Waals surface area contributed by atoms with Crippen molar-refractivity contribution in [1.29, 1.82) is 0 Å². The maximum atomic E-state index is 12.7. The molecule has 0 radical (unpaired) electrons. The van der Waals surface area contributed by atoms with Gasteiger partial charge in [0.2, 0.25) is 5.78 Å². The minimum atomic E-state index is -0.145. The zero-order chi connectivity index (χ0) is 18.2. The van der Waals surface area contributed by atoms with Crippen molar-refractivity contribution in [2.75, 3.05) is 6.73 Å². The summed E-state index contributed by atoms with van der Waals surface area (Å²) in [6.07, 6.45) is 6.77. The molecule has 6 heteroatoms. The van der Waals surface area contributed by atoms with Crippen LogP contribution in [0.4, 0.5) is 0 Å². The molecule has 0 spiro atoms. The van der Waals surface area contributed by atoms with Crippen molar-refractivity contribution in [3.05, 3.63) is 83.3 Å². The molecule has 0 saturated carbocycles. The van der Waals surface area contributed by atoms with Crippen LogP contribution in [0.1, 0.15) is 27.2 Å². The minimum absolute atomic E-state index is 0.145. The van der Waals surface area contributed by atoms with Gasteiger partial charge in [0, 0.05) is 31.6 Å². The van der Waals surface area contributed by atoms with Gasteiger partial charge in [0.15, 0.2) is 5.76 Å². The van der Waals surface area contributed by atoms with Gasteiger partial charge in [-0.1, -0.05) is 6.07 Å². The smallest absolute Gasteiger partial charge is 0.232 e. The number of nitrogens with zero attached hydrogens (tertiary/aromatic N) is 2. The SMILES string of the molecule is O=C1/C(=C/c2ccco2)Oc2c1ccc1c2CN(Cc2cccnc2)CO1. The van der Waals surface area contributed by atoms with Crippen LogP contribution in [0.25, 0.3) is 6.08 Å². The fourth-order valence-corrected chi connectivity index (χ4v) is 3.36. The molecule has 0 amide bonds. The Balaban J connectivity index is 1.44. The van der Waals surface area contributed by atoms with Crippen LogP contribution in [0.2, 0.25) is 0 Å². The Morgan fingerprint density at radius 2 is 2.15 bits per heavy atom. The molecular formula is C21H16N2O4. The van der Waals surface area contributed by atoms with Crippen LogP contribution in [0.15, 0.2) is 65.2 Å². The second-order valence-corrected chi connectivity index (χ2v) is 6.50. The number of carbonyl (C=O) groups is 1. The third-order valence-corrected chi connectivity index (χ3v) is 4.63. The number of ether oxygens (including phenoxy) is 2. The molecule has 2 aliphatic heterocycles. The van der Waals surface area contributed by atoms with Gasteiger partial charge in [-0.05, 0) is 35.9 Å². The number of allylic oxidation sites excluding steroid dienone is 1. The molecule has 3 aromatic rings. The lowest BCUT2D eigenvalue weighted by atomic mass is 10.0. The van der Waals surface area contributed by atoms with Crippen molar-refractivity contribution in [1.82, 2.24) is 9.88 Å². The fourth-order valence-electron chi connectivity index (χ4n) is 3.36. The van der Waals surface area contributed by atoms with Crippen LogP contribution >= 0.6 is 0 Å². The van der Waals surface area contributed by atoms with E-state index in [-0.39, 0.29) is 11.5 Å². The number of rotatable bonds is 3. The summed E-state index contributed by atoms with van der Waals surface area (Å²) in [6, 6.07) is 11.1. The van der Waals surface area contributed by atoms with E-state index < -0.39 is 0 Å². The van der Waals surface area contributed by atoms with E-state index in [1.54, 1.807) is 36.7 Å². The van der Waals surface area contributed by atoms with E-state index in [1.165, 1.54) is 0 Å². The third kappa shape index (κ3) is 2.90. The lowest BCUT2D eigenvalue weighted by Crippen LogP contribution is -2.31. The Kier molecular flexibility index (Phi) is 3.76. The molecule has 2 aromatic heterocycles. The molecule has 5 rings (SSSR count). The first kappa shape index (κ1) is 15.8. The summed E-state index contributed by atoms with van der Waals surface area (Å²) in [6.45, 7) is 1.82. The largest absolute Gasteiger partial charge is 0.478 e. The maximum Gasteiger partial charge on any atom is 0.232 e. The fraction of sp³-hybridized carbons (Fsp3) is 0.143.